The van der Waals surface area contributed by atoms with Crippen LogP contribution in [0.1, 0.15) is 12.5 Å². The molecule has 0 aliphatic carbocycles. The molecular weight excluding hydrogens is 180 g/mol. The maximum Gasteiger partial charge on any atom is 0.389 e. The third-order valence-electron chi connectivity index (χ3n) is 1.72. The molecule has 1 aromatic rings. The fourth-order valence-electron chi connectivity index (χ4n) is 1.11. The molecule has 0 heterocycles. The molecule has 0 aliphatic rings. The van der Waals surface area contributed by atoms with Gasteiger partial charge in [-0.2, -0.15) is 0 Å². The molecule has 0 saturated carbocycles. The molecule has 0 aliphatic heterocycles. The second kappa shape index (κ2) is 5.91. The van der Waals surface area contributed by atoms with Gasteiger partial charge in [-0.3, -0.25) is 0 Å². The van der Waals surface area contributed by atoms with Gasteiger partial charge in [-0.05, 0) is 12.5 Å². The average molecular weight is 195 g/mol. The lowest BCUT2D eigenvalue weighted by atomic mass is 10.2. The highest BCUT2D eigenvalue weighted by Gasteiger charge is 2.13. The van der Waals surface area contributed by atoms with Crippen molar-refractivity contribution in [2.45, 2.75) is 13.0 Å². The number of hydrogen-bond donors (Lipinski definition) is 0. The summed E-state index contributed by atoms with van der Waals surface area (Å²) in [7, 11) is 0.628. The van der Waals surface area contributed by atoms with Crippen molar-refractivity contribution in [3.05, 3.63) is 35.9 Å². The summed E-state index contributed by atoms with van der Waals surface area (Å²) in [6.45, 7) is 2.73. The lowest BCUT2D eigenvalue weighted by Gasteiger charge is -2.10. The zero-order valence-electron chi connectivity index (χ0n) is 8.12. The van der Waals surface area contributed by atoms with E-state index < -0.39 is 9.28 Å². The maximum atomic E-state index is 5.47. The SMILES string of the molecule is CCO[Si](Cc1ccccc1)OC. The van der Waals surface area contributed by atoms with E-state index in [0.717, 1.165) is 12.7 Å². The molecule has 2 nitrogen and oxygen atoms in total. The Morgan fingerprint density at radius 1 is 1.23 bits per heavy atom. The molecule has 71 valence electrons. The molecule has 0 saturated heterocycles. The summed E-state index contributed by atoms with van der Waals surface area (Å²) in [5.41, 5.74) is 1.28. The van der Waals surface area contributed by atoms with Crippen molar-refractivity contribution in [1.82, 2.24) is 0 Å². The normalized spacial score (nSPS) is 10.7. The molecule has 0 bridgehead atoms. The van der Waals surface area contributed by atoms with Crippen LogP contribution in [-0.2, 0) is 14.9 Å². The van der Waals surface area contributed by atoms with Crippen molar-refractivity contribution in [3.8, 4) is 0 Å². The maximum absolute atomic E-state index is 5.47. The summed E-state index contributed by atoms with van der Waals surface area (Å²) in [4.78, 5) is 0. The first-order valence-electron chi connectivity index (χ1n) is 4.43. The van der Waals surface area contributed by atoms with Gasteiger partial charge in [0.25, 0.3) is 0 Å². The highest BCUT2D eigenvalue weighted by molar-refractivity contribution is 6.43. The Balaban J connectivity index is 2.46. The largest absolute Gasteiger partial charge is 0.397 e. The van der Waals surface area contributed by atoms with Gasteiger partial charge in [0.2, 0.25) is 0 Å². The Morgan fingerprint density at radius 3 is 2.46 bits per heavy atom. The van der Waals surface area contributed by atoms with Crippen molar-refractivity contribution in [3.63, 3.8) is 0 Å². The summed E-state index contributed by atoms with van der Waals surface area (Å²) in [5.74, 6) is 0. The summed E-state index contributed by atoms with van der Waals surface area (Å²) >= 11 is 0. The standard InChI is InChI=1S/C10H15O2Si/c1-3-12-13(11-2)9-10-7-5-4-6-8-10/h4-8H,3,9H2,1-2H3. The van der Waals surface area contributed by atoms with Crippen LogP contribution in [-0.4, -0.2) is 23.0 Å². The van der Waals surface area contributed by atoms with Gasteiger partial charge in [0.1, 0.15) is 0 Å². The van der Waals surface area contributed by atoms with Gasteiger partial charge < -0.3 is 8.85 Å². The highest BCUT2D eigenvalue weighted by atomic mass is 28.3. The summed E-state index contributed by atoms with van der Waals surface area (Å²) in [6.07, 6.45) is 0. The first-order valence-corrected chi connectivity index (χ1v) is 5.95. The minimum atomic E-state index is -1.09. The zero-order valence-corrected chi connectivity index (χ0v) is 9.12. The van der Waals surface area contributed by atoms with Crippen molar-refractivity contribution in [2.75, 3.05) is 13.7 Å². The van der Waals surface area contributed by atoms with Crippen molar-refractivity contribution >= 4 is 9.28 Å². The van der Waals surface area contributed by atoms with Gasteiger partial charge in [-0.25, -0.2) is 0 Å². The summed E-state index contributed by atoms with van der Waals surface area (Å²) in [6, 6.07) is 11.2. The molecule has 0 fully saturated rings. The molecule has 3 heteroatoms. The first-order chi connectivity index (χ1) is 6.36. The van der Waals surface area contributed by atoms with Crippen LogP contribution in [0.5, 0.6) is 0 Å². The molecule has 0 aromatic heterocycles. The second-order valence-corrected chi connectivity index (χ2v) is 4.47. The van der Waals surface area contributed by atoms with E-state index in [1.54, 1.807) is 7.11 Å². The number of rotatable bonds is 5. The lowest BCUT2D eigenvalue weighted by Crippen LogP contribution is -2.24. The van der Waals surface area contributed by atoms with Gasteiger partial charge in [-0.15, -0.1) is 0 Å². The number of hydrogen-bond acceptors (Lipinski definition) is 2. The summed E-state index contributed by atoms with van der Waals surface area (Å²) < 4.78 is 10.7. The monoisotopic (exact) mass is 195 g/mol. The van der Waals surface area contributed by atoms with E-state index in [2.05, 4.69) is 12.1 Å². The van der Waals surface area contributed by atoms with Crippen molar-refractivity contribution < 1.29 is 8.85 Å². The molecule has 1 rings (SSSR count). The van der Waals surface area contributed by atoms with E-state index >= 15 is 0 Å². The quantitative estimate of drug-likeness (QED) is 0.668. The van der Waals surface area contributed by atoms with Crippen LogP contribution in [0.15, 0.2) is 30.3 Å². The van der Waals surface area contributed by atoms with Gasteiger partial charge >= 0.3 is 9.28 Å². The van der Waals surface area contributed by atoms with Crippen LogP contribution in [0.3, 0.4) is 0 Å². The highest BCUT2D eigenvalue weighted by Crippen LogP contribution is 2.03. The minimum Gasteiger partial charge on any atom is -0.397 e. The molecule has 0 amide bonds. The Kier molecular flexibility index (Phi) is 4.75. The predicted molar refractivity (Wildman–Crippen MR) is 54.5 cm³/mol. The second-order valence-electron chi connectivity index (χ2n) is 2.67. The van der Waals surface area contributed by atoms with Gasteiger partial charge in [0, 0.05) is 19.8 Å². The molecular formula is C10H15O2Si. The topological polar surface area (TPSA) is 18.5 Å². The molecule has 13 heavy (non-hydrogen) atoms. The molecule has 1 radical (unpaired) electrons. The molecule has 0 unspecified atom stereocenters. The van der Waals surface area contributed by atoms with Crippen LogP contribution >= 0.6 is 0 Å². The van der Waals surface area contributed by atoms with E-state index in [1.807, 2.05) is 25.1 Å². The van der Waals surface area contributed by atoms with E-state index in [1.165, 1.54) is 5.56 Å². The Bertz CT molecular complexity index is 226. The molecule has 0 N–H and O–H groups in total. The van der Waals surface area contributed by atoms with Crippen LogP contribution in [0.2, 0.25) is 0 Å². The average Bonchev–Trinajstić information content (AvgIpc) is 2.19. The van der Waals surface area contributed by atoms with Crippen LogP contribution < -0.4 is 0 Å². The smallest absolute Gasteiger partial charge is 0.389 e. The Labute approximate surface area is 81.3 Å². The fourth-order valence-corrected chi connectivity index (χ4v) is 2.36. The van der Waals surface area contributed by atoms with E-state index in [9.17, 15) is 0 Å². The van der Waals surface area contributed by atoms with Crippen LogP contribution in [0.25, 0.3) is 0 Å². The minimum absolute atomic E-state index is 0.731. The number of benzene rings is 1. The third kappa shape index (κ3) is 3.72. The molecule has 1 aromatic carbocycles. The van der Waals surface area contributed by atoms with Crippen LogP contribution in [0, 0.1) is 0 Å². The van der Waals surface area contributed by atoms with E-state index in [0.29, 0.717) is 0 Å². The Morgan fingerprint density at radius 2 is 1.92 bits per heavy atom. The van der Waals surface area contributed by atoms with Crippen molar-refractivity contribution in [2.24, 2.45) is 0 Å². The van der Waals surface area contributed by atoms with Gasteiger partial charge in [-0.1, -0.05) is 30.3 Å². The van der Waals surface area contributed by atoms with Gasteiger partial charge in [0.05, 0.1) is 0 Å². The zero-order chi connectivity index (χ0) is 9.52. The lowest BCUT2D eigenvalue weighted by molar-refractivity contribution is 0.240. The Hall–Kier alpha value is -0.643. The van der Waals surface area contributed by atoms with E-state index in [-0.39, 0.29) is 0 Å². The van der Waals surface area contributed by atoms with Crippen molar-refractivity contribution in [1.29, 1.82) is 0 Å². The van der Waals surface area contributed by atoms with Crippen LogP contribution in [0.4, 0.5) is 0 Å². The fraction of sp³-hybridized carbons (Fsp3) is 0.400. The van der Waals surface area contributed by atoms with E-state index in [4.69, 9.17) is 8.85 Å². The predicted octanol–water partition coefficient (Wildman–Crippen LogP) is 1.94. The third-order valence-corrected chi connectivity index (χ3v) is 3.49. The van der Waals surface area contributed by atoms with Gasteiger partial charge in [0.15, 0.2) is 0 Å². The molecule has 0 atom stereocenters. The molecule has 0 spiro atoms. The first kappa shape index (κ1) is 10.4. The summed E-state index contributed by atoms with van der Waals surface area (Å²) in [5, 5.41) is 0.